The number of aliphatic hydroxyl groups is 1. The number of hydrogen-bond donors (Lipinski definition) is 2. The molecule has 8 heteroatoms. The van der Waals surface area contributed by atoms with Crippen molar-refractivity contribution in [3.05, 3.63) is 39.7 Å². The Kier molecular flexibility index (Phi) is 5.86. The fourth-order valence-corrected chi connectivity index (χ4v) is 5.64. The Morgan fingerprint density at radius 3 is 2.91 bits per heavy atom. The van der Waals surface area contributed by atoms with E-state index in [9.17, 15) is 19.5 Å². The number of likely N-dealkylation sites (tertiary alicyclic amines) is 1. The van der Waals surface area contributed by atoms with Crippen LogP contribution in [-0.2, 0) is 22.4 Å². The van der Waals surface area contributed by atoms with Crippen LogP contribution in [0, 0.1) is 5.92 Å². The lowest BCUT2D eigenvalue weighted by Gasteiger charge is -2.47. The highest BCUT2D eigenvalue weighted by Gasteiger charge is 2.43. The number of carbonyl (C=O) groups excluding carboxylic acids is 2. The quantitative estimate of drug-likeness (QED) is 0.669. The topological polar surface area (TPSA) is 109 Å². The van der Waals surface area contributed by atoms with Gasteiger partial charge >= 0.3 is 5.63 Å². The van der Waals surface area contributed by atoms with Crippen molar-refractivity contribution in [3.8, 4) is 5.75 Å². The lowest BCUT2D eigenvalue weighted by molar-refractivity contribution is -0.143. The summed E-state index contributed by atoms with van der Waals surface area (Å²) in [6, 6.07) is 5.26. The zero-order valence-corrected chi connectivity index (χ0v) is 18.7. The van der Waals surface area contributed by atoms with E-state index in [1.807, 2.05) is 6.07 Å². The first-order valence-electron chi connectivity index (χ1n) is 11.9. The predicted octanol–water partition coefficient (Wildman–Crippen LogP) is 1.93. The maximum absolute atomic E-state index is 12.6. The van der Waals surface area contributed by atoms with Crippen LogP contribution in [0.25, 0.3) is 11.0 Å². The summed E-state index contributed by atoms with van der Waals surface area (Å²) in [6.45, 7) is 0.736. The van der Waals surface area contributed by atoms with Gasteiger partial charge in [0.05, 0.1) is 12.1 Å². The van der Waals surface area contributed by atoms with E-state index in [-0.39, 0.29) is 30.6 Å². The molecular weight excluding hydrogens is 424 g/mol. The van der Waals surface area contributed by atoms with E-state index < -0.39 is 11.5 Å². The zero-order valence-electron chi connectivity index (χ0n) is 18.7. The molecule has 3 aliphatic rings. The molecule has 0 bridgehead atoms. The molecule has 1 aromatic carbocycles. The second-order valence-corrected chi connectivity index (χ2v) is 9.56. The third-order valence-electron chi connectivity index (χ3n) is 7.53. The van der Waals surface area contributed by atoms with Crippen LogP contribution < -0.4 is 15.7 Å². The number of aryl methyl sites for hydroxylation is 1. The Morgan fingerprint density at radius 1 is 1.18 bits per heavy atom. The van der Waals surface area contributed by atoms with Crippen LogP contribution >= 0.6 is 0 Å². The Hall–Kier alpha value is -2.87. The van der Waals surface area contributed by atoms with Gasteiger partial charge in [0, 0.05) is 36.0 Å². The van der Waals surface area contributed by atoms with Gasteiger partial charge in [0.2, 0.25) is 5.91 Å². The molecule has 1 aliphatic heterocycles. The summed E-state index contributed by atoms with van der Waals surface area (Å²) in [7, 11) is 0. The number of hydrogen-bond acceptors (Lipinski definition) is 6. The molecular formula is C25H30N2O6. The fraction of sp³-hybridized carbons (Fsp3) is 0.560. The van der Waals surface area contributed by atoms with Gasteiger partial charge in [0.15, 0.2) is 6.61 Å². The summed E-state index contributed by atoms with van der Waals surface area (Å²) >= 11 is 0. The minimum absolute atomic E-state index is 0.0912. The number of nitrogens with zero attached hydrogens (tertiary/aromatic N) is 1. The van der Waals surface area contributed by atoms with Gasteiger partial charge in [0.1, 0.15) is 11.3 Å². The Labute approximate surface area is 191 Å². The molecule has 33 heavy (non-hydrogen) atoms. The highest BCUT2D eigenvalue weighted by atomic mass is 16.5. The monoisotopic (exact) mass is 454 g/mol. The van der Waals surface area contributed by atoms with Crippen LogP contribution in [0.1, 0.15) is 49.7 Å². The average Bonchev–Trinajstić information content (AvgIpc) is 3.31. The number of benzene rings is 1. The molecule has 2 fully saturated rings. The smallest absolute Gasteiger partial charge is 0.339 e. The lowest BCUT2D eigenvalue weighted by atomic mass is 9.71. The largest absolute Gasteiger partial charge is 0.484 e. The van der Waals surface area contributed by atoms with Gasteiger partial charge in [0.25, 0.3) is 5.91 Å². The van der Waals surface area contributed by atoms with Crippen molar-refractivity contribution in [1.82, 2.24) is 10.2 Å². The van der Waals surface area contributed by atoms with Crippen LogP contribution in [0.4, 0.5) is 0 Å². The minimum atomic E-state index is -0.634. The van der Waals surface area contributed by atoms with E-state index in [0.29, 0.717) is 30.8 Å². The van der Waals surface area contributed by atoms with E-state index >= 15 is 0 Å². The third-order valence-corrected chi connectivity index (χ3v) is 7.53. The van der Waals surface area contributed by atoms with Crippen molar-refractivity contribution in [2.75, 3.05) is 26.2 Å². The van der Waals surface area contributed by atoms with Crippen LogP contribution in [0.5, 0.6) is 5.75 Å². The maximum Gasteiger partial charge on any atom is 0.339 e. The molecule has 2 amide bonds. The molecule has 2 N–H and O–H groups in total. The SMILES string of the molecule is O=C(COc1ccc2c3c(c(=O)oc2c1)CCC3)NCC(=O)N1CC[C@]2(O)CCCC[C@@H]2C1. The Morgan fingerprint density at radius 2 is 2.03 bits per heavy atom. The molecule has 1 aromatic heterocycles. The highest BCUT2D eigenvalue weighted by Crippen LogP contribution is 2.39. The first kappa shape index (κ1) is 21.9. The second-order valence-electron chi connectivity index (χ2n) is 9.56. The van der Waals surface area contributed by atoms with E-state index in [4.69, 9.17) is 9.15 Å². The van der Waals surface area contributed by atoms with Gasteiger partial charge in [-0.2, -0.15) is 0 Å². The molecule has 0 radical (unpaired) electrons. The number of fused-ring (bicyclic) bond motifs is 4. The zero-order chi connectivity index (χ0) is 23.0. The molecule has 2 heterocycles. The molecule has 2 atom stereocenters. The molecule has 1 saturated heterocycles. The van der Waals surface area contributed by atoms with Gasteiger partial charge in [-0.05, 0) is 56.2 Å². The fourth-order valence-electron chi connectivity index (χ4n) is 5.64. The van der Waals surface area contributed by atoms with Gasteiger partial charge in [-0.25, -0.2) is 4.79 Å². The number of amides is 2. The predicted molar refractivity (Wildman–Crippen MR) is 121 cm³/mol. The van der Waals surface area contributed by atoms with E-state index in [1.165, 1.54) is 0 Å². The second kappa shape index (κ2) is 8.82. The van der Waals surface area contributed by atoms with Crippen LogP contribution in [0.2, 0.25) is 0 Å². The van der Waals surface area contributed by atoms with Crippen molar-refractivity contribution in [2.24, 2.45) is 5.92 Å². The molecule has 0 spiro atoms. The summed E-state index contributed by atoms with van der Waals surface area (Å²) in [6.07, 6.45) is 7.06. The van der Waals surface area contributed by atoms with E-state index in [0.717, 1.165) is 61.5 Å². The van der Waals surface area contributed by atoms with E-state index in [2.05, 4.69) is 5.32 Å². The molecule has 2 aliphatic carbocycles. The summed E-state index contributed by atoms with van der Waals surface area (Å²) in [5.74, 6) is 0.0113. The third kappa shape index (κ3) is 4.36. The van der Waals surface area contributed by atoms with E-state index in [1.54, 1.807) is 17.0 Å². The van der Waals surface area contributed by atoms with Crippen LogP contribution in [-0.4, -0.2) is 53.7 Å². The highest BCUT2D eigenvalue weighted by molar-refractivity contribution is 5.86. The maximum atomic E-state index is 12.6. The van der Waals surface area contributed by atoms with Crippen molar-refractivity contribution in [3.63, 3.8) is 0 Å². The summed E-state index contributed by atoms with van der Waals surface area (Å²) in [5, 5.41) is 14.3. The molecule has 8 nitrogen and oxygen atoms in total. The number of ether oxygens (including phenoxy) is 1. The van der Waals surface area contributed by atoms with Crippen LogP contribution in [0.15, 0.2) is 27.4 Å². The molecule has 1 saturated carbocycles. The number of carbonyl (C=O) groups is 2. The molecule has 0 unspecified atom stereocenters. The lowest BCUT2D eigenvalue weighted by Crippen LogP contribution is -2.56. The number of rotatable bonds is 5. The summed E-state index contributed by atoms with van der Waals surface area (Å²) < 4.78 is 11.0. The van der Waals surface area contributed by atoms with Crippen molar-refractivity contribution in [2.45, 2.75) is 57.0 Å². The first-order valence-corrected chi connectivity index (χ1v) is 11.9. The first-order chi connectivity index (χ1) is 15.9. The van der Waals surface area contributed by atoms with Crippen molar-refractivity contribution in [1.29, 1.82) is 0 Å². The Balaban J connectivity index is 1.13. The van der Waals surface area contributed by atoms with Gasteiger partial charge in [-0.3, -0.25) is 9.59 Å². The number of nitrogens with one attached hydrogen (secondary N) is 1. The standard InChI is InChI=1S/C25H30N2O6/c28-22(26-13-23(29)27-11-10-25(31)9-2-1-4-16(25)14-27)15-32-17-7-8-19-18-5-3-6-20(18)24(30)33-21(19)12-17/h7-8,12,16,31H,1-6,9-11,13-15H2,(H,26,28)/t16-,25-/m1/s1. The van der Waals surface area contributed by atoms with Gasteiger partial charge in [-0.1, -0.05) is 12.8 Å². The Bertz CT molecular complexity index is 1140. The molecule has 176 valence electrons. The average molecular weight is 455 g/mol. The minimum Gasteiger partial charge on any atom is -0.484 e. The summed E-state index contributed by atoms with van der Waals surface area (Å²) in [5.41, 5.74) is 1.34. The van der Waals surface area contributed by atoms with Crippen molar-refractivity contribution >= 4 is 22.8 Å². The molecule has 5 rings (SSSR count). The summed E-state index contributed by atoms with van der Waals surface area (Å²) in [4.78, 5) is 38.7. The number of piperidine rings is 1. The van der Waals surface area contributed by atoms with Crippen molar-refractivity contribution < 1.29 is 23.8 Å². The van der Waals surface area contributed by atoms with Gasteiger partial charge in [-0.15, -0.1) is 0 Å². The normalized spacial score (nSPS) is 24.3. The molecule has 2 aromatic rings. The van der Waals surface area contributed by atoms with Gasteiger partial charge < -0.3 is 24.5 Å². The van der Waals surface area contributed by atoms with Crippen LogP contribution in [0.3, 0.4) is 0 Å².